The highest BCUT2D eigenvalue weighted by atomic mass is 16.4. The molecule has 0 radical (unpaired) electrons. The SMILES string of the molecule is CC(CCNC(=O)N1CCC(C(C)(C)C)C1)CCC(=O)O. The van der Waals surface area contributed by atoms with E-state index in [0.717, 1.165) is 25.9 Å². The number of nitrogens with one attached hydrogen (secondary N) is 1. The van der Waals surface area contributed by atoms with Crippen LogP contribution in [0.3, 0.4) is 0 Å². The van der Waals surface area contributed by atoms with Crippen molar-refractivity contribution in [2.24, 2.45) is 17.3 Å². The summed E-state index contributed by atoms with van der Waals surface area (Å²) in [5.41, 5.74) is 0.250. The van der Waals surface area contributed by atoms with Gasteiger partial charge < -0.3 is 15.3 Å². The van der Waals surface area contributed by atoms with Crippen molar-refractivity contribution in [1.29, 1.82) is 0 Å². The third kappa shape index (κ3) is 6.36. The summed E-state index contributed by atoms with van der Waals surface area (Å²) >= 11 is 0. The molecular weight excluding hydrogens is 268 g/mol. The maximum Gasteiger partial charge on any atom is 0.317 e. The lowest BCUT2D eigenvalue weighted by Crippen LogP contribution is -2.40. The fraction of sp³-hybridized carbons (Fsp3) is 0.875. The van der Waals surface area contributed by atoms with Gasteiger partial charge in [0, 0.05) is 26.1 Å². The van der Waals surface area contributed by atoms with Crippen molar-refractivity contribution in [3.05, 3.63) is 0 Å². The zero-order valence-electron chi connectivity index (χ0n) is 13.8. The summed E-state index contributed by atoms with van der Waals surface area (Å²) in [6, 6.07) is 0.0205. The summed E-state index contributed by atoms with van der Waals surface area (Å²) in [5, 5.41) is 11.6. The van der Waals surface area contributed by atoms with Crippen LogP contribution in [0.4, 0.5) is 4.79 Å². The lowest BCUT2D eigenvalue weighted by atomic mass is 9.80. The van der Waals surface area contributed by atoms with Gasteiger partial charge in [0.05, 0.1) is 0 Å². The van der Waals surface area contributed by atoms with E-state index in [0.29, 0.717) is 24.8 Å². The number of hydrogen-bond acceptors (Lipinski definition) is 2. The average Bonchev–Trinajstić information content (AvgIpc) is 2.85. The second kappa shape index (κ2) is 7.66. The Bertz CT molecular complexity index is 363. The lowest BCUT2D eigenvalue weighted by molar-refractivity contribution is -0.137. The molecular formula is C16H30N2O3. The largest absolute Gasteiger partial charge is 0.481 e. The number of aliphatic carboxylic acids is 1. The number of amides is 2. The molecule has 1 fully saturated rings. The molecule has 2 unspecified atom stereocenters. The summed E-state index contributed by atoms with van der Waals surface area (Å²) in [6.07, 6.45) is 2.77. The molecule has 1 heterocycles. The fourth-order valence-corrected chi connectivity index (χ4v) is 2.70. The number of likely N-dealkylation sites (tertiary alicyclic amines) is 1. The molecule has 0 spiro atoms. The quantitative estimate of drug-likeness (QED) is 0.792. The molecule has 1 saturated heterocycles. The Morgan fingerprint density at radius 3 is 2.52 bits per heavy atom. The van der Waals surface area contributed by atoms with E-state index in [2.05, 4.69) is 26.1 Å². The number of carboxylic acids is 1. The molecule has 0 aromatic carbocycles. The monoisotopic (exact) mass is 298 g/mol. The first-order valence-corrected chi connectivity index (χ1v) is 7.94. The number of hydrogen-bond donors (Lipinski definition) is 2. The molecule has 2 amide bonds. The van der Waals surface area contributed by atoms with Crippen molar-refractivity contribution in [2.75, 3.05) is 19.6 Å². The Balaban J connectivity index is 2.21. The van der Waals surface area contributed by atoms with Gasteiger partial charge in [0.15, 0.2) is 0 Å². The van der Waals surface area contributed by atoms with Gasteiger partial charge in [-0.3, -0.25) is 4.79 Å². The van der Waals surface area contributed by atoms with Crippen molar-refractivity contribution in [2.45, 2.75) is 53.4 Å². The maximum absolute atomic E-state index is 12.1. The highest BCUT2D eigenvalue weighted by Gasteiger charge is 2.33. The standard InChI is InChI=1S/C16H30N2O3/c1-12(5-6-14(19)20)7-9-17-15(21)18-10-8-13(11-18)16(2,3)4/h12-13H,5-11H2,1-4H3,(H,17,21)(H,19,20). The first-order valence-electron chi connectivity index (χ1n) is 7.94. The predicted octanol–water partition coefficient (Wildman–Crippen LogP) is 2.96. The van der Waals surface area contributed by atoms with Crippen molar-refractivity contribution >= 4 is 12.0 Å². The van der Waals surface area contributed by atoms with Crippen LogP contribution in [0, 0.1) is 17.3 Å². The first kappa shape index (κ1) is 17.8. The molecule has 5 heteroatoms. The molecule has 1 rings (SSSR count). The van der Waals surface area contributed by atoms with Crippen LogP contribution in [0.15, 0.2) is 0 Å². The molecule has 0 saturated carbocycles. The number of carboxylic acid groups (broad SMARTS) is 1. The topological polar surface area (TPSA) is 69.6 Å². The van der Waals surface area contributed by atoms with Crippen LogP contribution in [-0.4, -0.2) is 41.6 Å². The summed E-state index contributed by atoms with van der Waals surface area (Å²) in [5.74, 6) is 0.135. The molecule has 1 aliphatic heterocycles. The van der Waals surface area contributed by atoms with E-state index in [1.54, 1.807) is 0 Å². The third-order valence-corrected chi connectivity index (χ3v) is 4.46. The van der Waals surface area contributed by atoms with E-state index in [-0.39, 0.29) is 17.9 Å². The van der Waals surface area contributed by atoms with E-state index in [1.807, 2.05) is 11.8 Å². The third-order valence-electron chi connectivity index (χ3n) is 4.46. The molecule has 1 aliphatic rings. The van der Waals surface area contributed by atoms with Crippen molar-refractivity contribution in [1.82, 2.24) is 10.2 Å². The van der Waals surface area contributed by atoms with Crippen LogP contribution < -0.4 is 5.32 Å². The molecule has 2 N–H and O–H groups in total. The molecule has 0 aromatic heterocycles. The number of urea groups is 1. The second-order valence-electron chi connectivity index (χ2n) is 7.36. The highest BCUT2D eigenvalue weighted by molar-refractivity contribution is 5.74. The van der Waals surface area contributed by atoms with Crippen LogP contribution in [0.2, 0.25) is 0 Å². The summed E-state index contributed by atoms with van der Waals surface area (Å²) in [4.78, 5) is 24.5. The van der Waals surface area contributed by atoms with Crippen LogP contribution in [-0.2, 0) is 4.79 Å². The summed E-state index contributed by atoms with van der Waals surface area (Å²) in [7, 11) is 0. The van der Waals surface area contributed by atoms with E-state index >= 15 is 0 Å². The minimum Gasteiger partial charge on any atom is -0.481 e. The predicted molar refractivity (Wildman–Crippen MR) is 83.2 cm³/mol. The Kier molecular flexibility index (Phi) is 6.49. The molecule has 5 nitrogen and oxygen atoms in total. The van der Waals surface area contributed by atoms with Gasteiger partial charge >= 0.3 is 12.0 Å². The lowest BCUT2D eigenvalue weighted by Gasteiger charge is -2.27. The van der Waals surface area contributed by atoms with Crippen LogP contribution in [0.5, 0.6) is 0 Å². The molecule has 122 valence electrons. The van der Waals surface area contributed by atoms with Crippen molar-refractivity contribution < 1.29 is 14.7 Å². The maximum atomic E-state index is 12.1. The molecule has 2 atom stereocenters. The van der Waals surface area contributed by atoms with Crippen LogP contribution in [0.1, 0.15) is 53.4 Å². The number of nitrogens with zero attached hydrogens (tertiary/aromatic N) is 1. The average molecular weight is 298 g/mol. The summed E-state index contributed by atoms with van der Waals surface area (Å²) < 4.78 is 0. The molecule has 0 aliphatic carbocycles. The zero-order valence-corrected chi connectivity index (χ0v) is 13.8. The van der Waals surface area contributed by atoms with Gasteiger partial charge in [-0.1, -0.05) is 27.7 Å². The van der Waals surface area contributed by atoms with Gasteiger partial charge in [0.2, 0.25) is 0 Å². The first-order chi connectivity index (χ1) is 9.70. The number of carbonyl (C=O) groups excluding carboxylic acids is 1. The Hall–Kier alpha value is -1.26. The molecule has 0 aromatic rings. The van der Waals surface area contributed by atoms with Crippen molar-refractivity contribution in [3.63, 3.8) is 0 Å². The smallest absolute Gasteiger partial charge is 0.317 e. The minimum atomic E-state index is -0.754. The van der Waals surface area contributed by atoms with E-state index in [9.17, 15) is 9.59 Å². The highest BCUT2D eigenvalue weighted by Crippen LogP contribution is 2.33. The Labute approximate surface area is 128 Å². The number of carbonyl (C=O) groups is 2. The fourth-order valence-electron chi connectivity index (χ4n) is 2.70. The van der Waals surface area contributed by atoms with Gasteiger partial charge in [-0.2, -0.15) is 0 Å². The van der Waals surface area contributed by atoms with E-state index in [1.165, 1.54) is 0 Å². The van der Waals surface area contributed by atoms with Crippen LogP contribution in [0.25, 0.3) is 0 Å². The van der Waals surface area contributed by atoms with Gasteiger partial charge in [-0.05, 0) is 36.5 Å². The molecule has 0 bridgehead atoms. The minimum absolute atomic E-state index is 0.0205. The Morgan fingerprint density at radius 1 is 1.33 bits per heavy atom. The number of rotatable bonds is 6. The van der Waals surface area contributed by atoms with Gasteiger partial charge in [-0.15, -0.1) is 0 Å². The summed E-state index contributed by atoms with van der Waals surface area (Å²) in [6.45, 7) is 11.0. The van der Waals surface area contributed by atoms with E-state index < -0.39 is 5.97 Å². The normalized spacial score (nSPS) is 20.4. The second-order valence-corrected chi connectivity index (χ2v) is 7.36. The van der Waals surface area contributed by atoms with Gasteiger partial charge in [-0.25, -0.2) is 4.79 Å². The van der Waals surface area contributed by atoms with E-state index in [4.69, 9.17) is 5.11 Å². The van der Waals surface area contributed by atoms with Crippen LogP contribution >= 0.6 is 0 Å². The Morgan fingerprint density at radius 2 is 2.00 bits per heavy atom. The van der Waals surface area contributed by atoms with Gasteiger partial charge in [0.25, 0.3) is 0 Å². The molecule has 21 heavy (non-hydrogen) atoms. The zero-order chi connectivity index (χ0) is 16.0. The van der Waals surface area contributed by atoms with Gasteiger partial charge in [0.1, 0.15) is 0 Å². The van der Waals surface area contributed by atoms with Crippen molar-refractivity contribution in [3.8, 4) is 0 Å².